The Kier molecular flexibility index (Phi) is 3.48. The maximum absolute atomic E-state index is 11.2. The fraction of sp³-hybridized carbons (Fsp3) is 0. The lowest BCUT2D eigenvalue weighted by molar-refractivity contribution is 0.105. The summed E-state index contributed by atoms with van der Waals surface area (Å²) < 4.78 is 0.670. The van der Waals surface area contributed by atoms with Gasteiger partial charge in [-0.3, -0.25) is 4.79 Å². The Morgan fingerprint density at radius 1 is 1.55 bits per heavy atom. The molecule has 1 rings (SSSR count). The van der Waals surface area contributed by atoms with E-state index in [1.165, 1.54) is 17.4 Å². The fourth-order valence-corrected chi connectivity index (χ4v) is 1.64. The van der Waals surface area contributed by atoms with Crippen molar-refractivity contribution in [2.45, 2.75) is 0 Å². The van der Waals surface area contributed by atoms with Crippen molar-refractivity contribution in [1.29, 1.82) is 0 Å². The zero-order valence-electron chi connectivity index (χ0n) is 5.38. The van der Waals surface area contributed by atoms with Crippen LogP contribution < -0.4 is 0 Å². The van der Waals surface area contributed by atoms with Gasteiger partial charge in [0.25, 0.3) is 0 Å². The molecule has 0 atom stereocenters. The minimum absolute atomic E-state index is 0.0174. The average molecular weight is 296 g/mol. The highest BCUT2D eigenvalue weighted by atomic mass is 79.9. The standard InChI is InChI=1S/C7H4Br2OS/c8-7(9)4-5(10)6-2-1-3-11-6/h1-4H. The fourth-order valence-electron chi connectivity index (χ4n) is 0.589. The van der Waals surface area contributed by atoms with E-state index < -0.39 is 0 Å². The van der Waals surface area contributed by atoms with E-state index >= 15 is 0 Å². The van der Waals surface area contributed by atoms with Crippen molar-refractivity contribution < 1.29 is 4.79 Å². The first kappa shape index (κ1) is 9.16. The van der Waals surface area contributed by atoms with Gasteiger partial charge in [0, 0.05) is 6.08 Å². The Morgan fingerprint density at radius 3 is 2.73 bits per heavy atom. The van der Waals surface area contributed by atoms with Gasteiger partial charge in [-0.15, -0.1) is 11.3 Å². The van der Waals surface area contributed by atoms with Gasteiger partial charge in [-0.25, -0.2) is 0 Å². The summed E-state index contributed by atoms with van der Waals surface area (Å²) >= 11 is 7.68. The van der Waals surface area contributed by atoms with E-state index in [1.54, 1.807) is 6.07 Å². The molecule has 1 nitrogen and oxygen atoms in total. The molecule has 4 heteroatoms. The maximum Gasteiger partial charge on any atom is 0.197 e. The van der Waals surface area contributed by atoms with Crippen LogP contribution in [0.3, 0.4) is 0 Å². The summed E-state index contributed by atoms with van der Waals surface area (Å²) in [4.78, 5) is 11.9. The largest absolute Gasteiger partial charge is 0.288 e. The average Bonchev–Trinajstić information content (AvgIpc) is 2.35. The van der Waals surface area contributed by atoms with E-state index in [-0.39, 0.29) is 5.78 Å². The first-order valence-electron chi connectivity index (χ1n) is 2.80. The molecule has 0 aromatic carbocycles. The lowest BCUT2D eigenvalue weighted by Gasteiger charge is -1.86. The number of ketones is 1. The highest BCUT2D eigenvalue weighted by molar-refractivity contribution is 9.28. The number of allylic oxidation sites excluding steroid dienone is 1. The molecule has 0 fully saturated rings. The molecule has 1 aromatic heterocycles. The molecule has 0 aliphatic heterocycles. The van der Waals surface area contributed by atoms with Gasteiger partial charge < -0.3 is 0 Å². The molecule has 1 heterocycles. The molecular formula is C7H4Br2OS. The van der Waals surface area contributed by atoms with Crippen LogP contribution in [0, 0.1) is 0 Å². The molecule has 0 spiro atoms. The van der Waals surface area contributed by atoms with E-state index in [2.05, 4.69) is 31.9 Å². The molecule has 0 N–H and O–H groups in total. The number of carbonyl (C=O) groups is 1. The molecule has 0 aliphatic rings. The number of rotatable bonds is 2. The van der Waals surface area contributed by atoms with Crippen molar-refractivity contribution in [3.63, 3.8) is 0 Å². The molecule has 0 amide bonds. The second-order valence-corrected chi connectivity index (χ2v) is 5.50. The molecular weight excluding hydrogens is 292 g/mol. The van der Waals surface area contributed by atoms with Gasteiger partial charge in [-0.05, 0) is 43.3 Å². The summed E-state index contributed by atoms with van der Waals surface area (Å²) in [5, 5.41) is 1.88. The number of hydrogen-bond donors (Lipinski definition) is 0. The van der Waals surface area contributed by atoms with E-state index in [4.69, 9.17) is 0 Å². The third kappa shape index (κ3) is 2.89. The lowest BCUT2D eigenvalue weighted by Crippen LogP contribution is -1.88. The Balaban J connectivity index is 2.80. The molecule has 0 radical (unpaired) electrons. The highest BCUT2D eigenvalue weighted by Gasteiger charge is 2.02. The number of thiophene rings is 1. The Hall–Kier alpha value is 0.0700. The Morgan fingerprint density at radius 2 is 2.27 bits per heavy atom. The van der Waals surface area contributed by atoms with E-state index in [0.29, 0.717) is 3.39 Å². The zero-order valence-corrected chi connectivity index (χ0v) is 9.37. The molecule has 58 valence electrons. The van der Waals surface area contributed by atoms with Gasteiger partial charge in [0.2, 0.25) is 0 Å². The van der Waals surface area contributed by atoms with Gasteiger partial charge >= 0.3 is 0 Å². The molecule has 1 aromatic rings. The van der Waals surface area contributed by atoms with Crippen LogP contribution in [0.2, 0.25) is 0 Å². The summed E-state index contributed by atoms with van der Waals surface area (Å²) in [5.74, 6) is 0.0174. The predicted molar refractivity (Wildman–Crippen MR) is 54.6 cm³/mol. The number of halogens is 2. The van der Waals surface area contributed by atoms with Gasteiger partial charge in [-0.2, -0.15) is 0 Å². The van der Waals surface area contributed by atoms with E-state index in [9.17, 15) is 4.79 Å². The molecule has 0 saturated carbocycles. The van der Waals surface area contributed by atoms with Crippen LogP contribution in [-0.4, -0.2) is 5.78 Å². The summed E-state index contributed by atoms with van der Waals surface area (Å²) in [6.07, 6.45) is 1.49. The predicted octanol–water partition coefficient (Wildman–Crippen LogP) is 3.56. The SMILES string of the molecule is O=C(C=C(Br)Br)c1cccs1. The van der Waals surface area contributed by atoms with Crippen molar-refractivity contribution in [3.8, 4) is 0 Å². The molecule has 11 heavy (non-hydrogen) atoms. The van der Waals surface area contributed by atoms with Gasteiger partial charge in [-0.1, -0.05) is 6.07 Å². The maximum atomic E-state index is 11.2. The Bertz CT molecular complexity index is 273. The smallest absolute Gasteiger partial charge is 0.197 e. The van der Waals surface area contributed by atoms with Crippen LogP contribution in [0.5, 0.6) is 0 Å². The summed E-state index contributed by atoms with van der Waals surface area (Å²) in [6, 6.07) is 3.65. The minimum atomic E-state index is 0.0174. The minimum Gasteiger partial charge on any atom is -0.288 e. The van der Waals surface area contributed by atoms with Crippen molar-refractivity contribution in [3.05, 3.63) is 31.9 Å². The molecule has 0 bridgehead atoms. The van der Waals surface area contributed by atoms with Crippen molar-refractivity contribution in [2.75, 3.05) is 0 Å². The van der Waals surface area contributed by atoms with Gasteiger partial charge in [0.05, 0.1) is 8.27 Å². The lowest BCUT2D eigenvalue weighted by atomic mass is 10.3. The van der Waals surface area contributed by atoms with Crippen molar-refractivity contribution in [1.82, 2.24) is 0 Å². The summed E-state index contributed by atoms with van der Waals surface area (Å²) in [6.45, 7) is 0. The van der Waals surface area contributed by atoms with Crippen LogP contribution in [-0.2, 0) is 0 Å². The van der Waals surface area contributed by atoms with Crippen LogP contribution in [0.15, 0.2) is 27.0 Å². The van der Waals surface area contributed by atoms with E-state index in [0.717, 1.165) is 4.88 Å². The summed E-state index contributed by atoms with van der Waals surface area (Å²) in [7, 11) is 0. The first-order chi connectivity index (χ1) is 5.20. The number of hydrogen-bond acceptors (Lipinski definition) is 2. The van der Waals surface area contributed by atoms with E-state index in [1.807, 2.05) is 11.4 Å². The van der Waals surface area contributed by atoms with Crippen LogP contribution in [0.25, 0.3) is 0 Å². The third-order valence-electron chi connectivity index (χ3n) is 1.00. The monoisotopic (exact) mass is 294 g/mol. The van der Waals surface area contributed by atoms with Gasteiger partial charge in [0.1, 0.15) is 0 Å². The first-order valence-corrected chi connectivity index (χ1v) is 5.27. The topological polar surface area (TPSA) is 17.1 Å². The zero-order chi connectivity index (χ0) is 8.27. The van der Waals surface area contributed by atoms with Crippen LogP contribution in [0.1, 0.15) is 9.67 Å². The van der Waals surface area contributed by atoms with Crippen LogP contribution in [0.4, 0.5) is 0 Å². The van der Waals surface area contributed by atoms with Crippen LogP contribution >= 0.6 is 43.2 Å². The number of carbonyl (C=O) groups excluding carboxylic acids is 1. The summed E-state index contributed by atoms with van der Waals surface area (Å²) in [5.41, 5.74) is 0. The molecule has 0 saturated heterocycles. The second kappa shape index (κ2) is 4.18. The molecule has 0 aliphatic carbocycles. The highest BCUT2D eigenvalue weighted by Crippen LogP contribution is 2.16. The third-order valence-corrected chi connectivity index (χ3v) is 2.35. The van der Waals surface area contributed by atoms with Gasteiger partial charge in [0.15, 0.2) is 5.78 Å². The quantitative estimate of drug-likeness (QED) is 0.602. The van der Waals surface area contributed by atoms with Crippen molar-refractivity contribution in [2.24, 2.45) is 0 Å². The molecule has 0 unspecified atom stereocenters. The normalized spacial score (nSPS) is 9.27. The van der Waals surface area contributed by atoms with Crippen molar-refractivity contribution >= 4 is 49.0 Å². The second-order valence-electron chi connectivity index (χ2n) is 1.78. The Labute approximate surface area is 85.4 Å².